The van der Waals surface area contributed by atoms with E-state index in [9.17, 15) is 19.5 Å². The van der Waals surface area contributed by atoms with Crippen LogP contribution in [0.1, 0.15) is 59.9 Å². The van der Waals surface area contributed by atoms with Gasteiger partial charge in [-0.1, -0.05) is 68.8 Å². The fourth-order valence-electron chi connectivity index (χ4n) is 4.20. The van der Waals surface area contributed by atoms with Crippen LogP contribution in [0.4, 0.5) is 5.69 Å². The number of carbonyl (C=O) groups excluding carboxylic acids is 2. The number of rotatable bonds is 4. The second kappa shape index (κ2) is 9.62. The topological polar surface area (TPSA) is 86.7 Å². The molecule has 8 heteroatoms. The molecule has 0 radical (unpaired) electrons. The van der Waals surface area contributed by atoms with Crippen LogP contribution in [-0.2, 0) is 15.0 Å². The van der Waals surface area contributed by atoms with Crippen LogP contribution in [0, 0.1) is 3.57 Å². The zero-order valence-corrected chi connectivity index (χ0v) is 22.3. The smallest absolute Gasteiger partial charge is 0.331 e. The molecule has 0 bridgehead atoms. The maximum Gasteiger partial charge on any atom is 0.331 e. The van der Waals surface area contributed by atoms with Crippen LogP contribution in [0.25, 0.3) is 0 Å². The second-order valence-corrected chi connectivity index (χ2v) is 11.1. The SMILES string of the molecule is CC(C)(C)c1ccc(C(C(=O)O)N2C(=O)c3cc(I)ccc3NC(=O)C2c2ccc(Cl)cc2)cc1. The van der Waals surface area contributed by atoms with Gasteiger partial charge >= 0.3 is 5.97 Å². The molecule has 0 saturated heterocycles. The lowest BCUT2D eigenvalue weighted by molar-refractivity contribution is -0.144. The summed E-state index contributed by atoms with van der Waals surface area (Å²) < 4.78 is 0.787. The number of anilines is 1. The highest BCUT2D eigenvalue weighted by Gasteiger charge is 2.44. The predicted octanol–water partition coefficient (Wildman–Crippen LogP) is 6.20. The number of benzene rings is 3. The van der Waals surface area contributed by atoms with Crippen molar-refractivity contribution in [2.45, 2.75) is 38.3 Å². The molecule has 0 spiro atoms. The van der Waals surface area contributed by atoms with E-state index in [1.165, 1.54) is 0 Å². The van der Waals surface area contributed by atoms with E-state index < -0.39 is 29.9 Å². The lowest BCUT2D eigenvalue weighted by Crippen LogP contribution is -2.44. The molecule has 3 aromatic carbocycles. The normalized spacial score (nSPS) is 16.8. The molecule has 35 heavy (non-hydrogen) atoms. The van der Waals surface area contributed by atoms with Crippen molar-refractivity contribution in [2.75, 3.05) is 5.32 Å². The number of halogens is 2. The molecule has 1 heterocycles. The number of fused-ring (bicyclic) bond motifs is 1. The summed E-state index contributed by atoms with van der Waals surface area (Å²) in [5.41, 5.74) is 2.34. The summed E-state index contributed by atoms with van der Waals surface area (Å²) in [7, 11) is 0. The Bertz CT molecular complexity index is 1300. The van der Waals surface area contributed by atoms with Crippen LogP contribution in [-0.4, -0.2) is 27.8 Å². The van der Waals surface area contributed by atoms with Gasteiger partial charge in [-0.25, -0.2) is 4.79 Å². The van der Waals surface area contributed by atoms with E-state index in [4.69, 9.17) is 11.6 Å². The highest BCUT2D eigenvalue weighted by Crippen LogP contribution is 2.38. The van der Waals surface area contributed by atoms with Gasteiger partial charge < -0.3 is 15.3 Å². The first-order valence-electron chi connectivity index (χ1n) is 11.0. The number of amides is 2. The number of carboxylic acid groups (broad SMARTS) is 1. The number of aliphatic carboxylic acids is 1. The molecule has 0 saturated carbocycles. The third-order valence-electron chi connectivity index (χ3n) is 6.02. The molecule has 2 N–H and O–H groups in total. The van der Waals surface area contributed by atoms with E-state index in [-0.39, 0.29) is 11.0 Å². The summed E-state index contributed by atoms with van der Waals surface area (Å²) in [4.78, 5) is 41.4. The van der Waals surface area contributed by atoms with Crippen molar-refractivity contribution < 1.29 is 19.5 Å². The van der Waals surface area contributed by atoms with E-state index in [0.29, 0.717) is 21.8 Å². The van der Waals surface area contributed by atoms with Crippen molar-refractivity contribution in [2.24, 2.45) is 0 Å². The molecule has 0 aliphatic carbocycles. The van der Waals surface area contributed by atoms with E-state index in [1.54, 1.807) is 54.6 Å². The highest BCUT2D eigenvalue weighted by molar-refractivity contribution is 14.1. The van der Waals surface area contributed by atoms with Crippen molar-refractivity contribution in [3.8, 4) is 0 Å². The Labute approximate surface area is 222 Å². The minimum Gasteiger partial charge on any atom is -0.479 e. The largest absolute Gasteiger partial charge is 0.479 e. The Kier molecular flexibility index (Phi) is 6.92. The minimum atomic E-state index is -1.40. The van der Waals surface area contributed by atoms with Crippen molar-refractivity contribution in [1.29, 1.82) is 0 Å². The predicted molar refractivity (Wildman–Crippen MR) is 144 cm³/mol. The van der Waals surface area contributed by atoms with Crippen LogP contribution in [0.15, 0.2) is 66.7 Å². The molecule has 1 aliphatic heterocycles. The molecule has 2 unspecified atom stereocenters. The molecule has 180 valence electrons. The van der Waals surface area contributed by atoms with Gasteiger partial charge in [0, 0.05) is 8.59 Å². The first-order chi connectivity index (χ1) is 16.5. The Balaban J connectivity index is 1.92. The van der Waals surface area contributed by atoms with Crippen LogP contribution >= 0.6 is 34.2 Å². The molecule has 6 nitrogen and oxygen atoms in total. The average molecular weight is 603 g/mol. The molecular weight excluding hydrogens is 579 g/mol. The summed E-state index contributed by atoms with van der Waals surface area (Å²) in [6.07, 6.45) is 0. The quantitative estimate of drug-likeness (QED) is 0.348. The van der Waals surface area contributed by atoms with Gasteiger partial charge in [-0.2, -0.15) is 0 Å². The van der Waals surface area contributed by atoms with Crippen LogP contribution in [0.5, 0.6) is 0 Å². The molecular formula is C27H24ClIN2O4. The minimum absolute atomic E-state index is 0.128. The number of hydrogen-bond acceptors (Lipinski definition) is 3. The molecule has 2 atom stereocenters. The first kappa shape index (κ1) is 25.2. The van der Waals surface area contributed by atoms with E-state index in [1.807, 2.05) is 12.1 Å². The van der Waals surface area contributed by atoms with Gasteiger partial charge in [0.25, 0.3) is 11.8 Å². The standard InChI is InChI=1S/C27H24ClIN2O4/c1-27(2,3)17-8-4-16(5-9-17)23(26(34)35)31-22(15-6-10-18(28)11-7-15)24(32)30-21-13-12-19(29)14-20(21)25(31)33/h4-14,22-23H,1-3H3,(H,30,32)(H,34,35). The number of nitrogens with zero attached hydrogens (tertiary/aromatic N) is 1. The third kappa shape index (κ3) is 5.06. The van der Waals surface area contributed by atoms with E-state index in [2.05, 4.69) is 48.7 Å². The van der Waals surface area contributed by atoms with Gasteiger partial charge in [0.1, 0.15) is 6.04 Å². The zero-order valence-electron chi connectivity index (χ0n) is 19.4. The van der Waals surface area contributed by atoms with Crippen molar-refractivity contribution in [3.63, 3.8) is 0 Å². The van der Waals surface area contributed by atoms with Gasteiger partial charge in [-0.3, -0.25) is 9.59 Å². The van der Waals surface area contributed by atoms with E-state index in [0.717, 1.165) is 14.0 Å². The molecule has 1 aliphatic rings. The Morgan fingerprint density at radius 3 is 2.23 bits per heavy atom. The number of carbonyl (C=O) groups is 3. The fraction of sp³-hybridized carbons (Fsp3) is 0.222. The summed E-state index contributed by atoms with van der Waals surface area (Å²) in [6.45, 7) is 6.19. The van der Waals surface area contributed by atoms with Crippen LogP contribution in [0.3, 0.4) is 0 Å². The van der Waals surface area contributed by atoms with Gasteiger partial charge in [0.05, 0.1) is 11.3 Å². The van der Waals surface area contributed by atoms with Crippen molar-refractivity contribution in [3.05, 3.63) is 97.6 Å². The fourth-order valence-corrected chi connectivity index (χ4v) is 4.81. The lowest BCUT2D eigenvalue weighted by atomic mass is 9.86. The molecule has 2 amide bonds. The monoisotopic (exact) mass is 602 g/mol. The molecule has 4 rings (SSSR count). The third-order valence-corrected chi connectivity index (χ3v) is 6.94. The summed E-state index contributed by atoms with van der Waals surface area (Å²) >= 11 is 8.14. The first-order valence-corrected chi connectivity index (χ1v) is 12.4. The highest BCUT2D eigenvalue weighted by atomic mass is 127. The zero-order chi connectivity index (χ0) is 25.5. The lowest BCUT2D eigenvalue weighted by Gasteiger charge is -2.34. The van der Waals surface area contributed by atoms with Crippen molar-refractivity contribution >= 4 is 57.7 Å². The number of carboxylic acids is 1. The summed E-state index contributed by atoms with van der Waals surface area (Å²) in [5.74, 6) is -2.29. The van der Waals surface area contributed by atoms with Crippen LogP contribution in [0.2, 0.25) is 5.02 Å². The van der Waals surface area contributed by atoms with Gasteiger partial charge in [-0.05, 0) is 75.0 Å². The average Bonchev–Trinajstić information content (AvgIpc) is 2.89. The summed E-state index contributed by atoms with van der Waals surface area (Å²) in [5, 5.41) is 13.6. The number of hydrogen-bond donors (Lipinski definition) is 2. The maximum atomic E-state index is 14.0. The Morgan fingerprint density at radius 2 is 1.66 bits per heavy atom. The Hall–Kier alpha value is -2.91. The number of nitrogens with one attached hydrogen (secondary N) is 1. The van der Waals surface area contributed by atoms with E-state index >= 15 is 0 Å². The van der Waals surface area contributed by atoms with Gasteiger partial charge in [-0.15, -0.1) is 0 Å². The second-order valence-electron chi connectivity index (χ2n) is 9.46. The van der Waals surface area contributed by atoms with Gasteiger partial charge in [0.2, 0.25) is 0 Å². The molecule has 0 aromatic heterocycles. The molecule has 0 fully saturated rings. The van der Waals surface area contributed by atoms with Crippen molar-refractivity contribution in [1.82, 2.24) is 4.90 Å². The molecule has 3 aromatic rings. The van der Waals surface area contributed by atoms with Gasteiger partial charge in [0.15, 0.2) is 6.04 Å². The Morgan fingerprint density at radius 1 is 1.03 bits per heavy atom. The maximum absolute atomic E-state index is 14.0. The summed E-state index contributed by atoms with van der Waals surface area (Å²) in [6, 6.07) is 16.1. The van der Waals surface area contributed by atoms with Crippen LogP contribution < -0.4 is 5.32 Å².